The SMILES string of the molecule is [C-]#[N+]c1ccc2c(c1)c1ccccc1n2C(=C\c1ccccc1)/C(=C\C(=C)c1nc(-c2ccccc2)nc(-c2ccc3c(c2)oc2ccccc23)n1)c1ccccc1. The maximum Gasteiger partial charge on any atom is 0.188 e. The number of hydrogen-bond donors (Lipinski definition) is 0. The van der Waals surface area contributed by atoms with Crippen LogP contribution in [0.2, 0.25) is 0 Å². The Morgan fingerprint density at radius 3 is 1.98 bits per heavy atom. The first-order chi connectivity index (χ1) is 28.6. The van der Waals surface area contributed by atoms with Crippen molar-refractivity contribution in [3.8, 4) is 22.8 Å². The highest BCUT2D eigenvalue weighted by Gasteiger charge is 2.21. The molecular formula is C52H33N5O. The topological polar surface area (TPSA) is 61.1 Å². The summed E-state index contributed by atoms with van der Waals surface area (Å²) in [5.74, 6) is 1.50. The van der Waals surface area contributed by atoms with Crippen LogP contribution in [0.5, 0.6) is 0 Å². The van der Waals surface area contributed by atoms with Crippen molar-refractivity contribution in [3.05, 3.63) is 217 Å². The van der Waals surface area contributed by atoms with Crippen molar-refractivity contribution in [2.45, 2.75) is 0 Å². The largest absolute Gasteiger partial charge is 0.456 e. The van der Waals surface area contributed by atoms with Gasteiger partial charge in [-0.15, -0.1) is 0 Å². The molecular weight excluding hydrogens is 711 g/mol. The molecule has 58 heavy (non-hydrogen) atoms. The summed E-state index contributed by atoms with van der Waals surface area (Å²) in [5, 5.41) is 4.16. The number of para-hydroxylation sites is 2. The van der Waals surface area contributed by atoms with E-state index in [1.807, 2.05) is 121 Å². The third-order valence-electron chi connectivity index (χ3n) is 10.4. The molecule has 0 saturated carbocycles. The summed E-state index contributed by atoms with van der Waals surface area (Å²) in [6.07, 6.45) is 4.28. The quantitative estimate of drug-likeness (QED) is 0.115. The van der Waals surface area contributed by atoms with Gasteiger partial charge in [0.15, 0.2) is 23.2 Å². The number of aromatic nitrogens is 4. The Bertz CT molecular complexity index is 3300. The normalized spacial score (nSPS) is 12.1. The first kappa shape index (κ1) is 34.4. The molecule has 6 nitrogen and oxygen atoms in total. The minimum absolute atomic E-state index is 0.449. The van der Waals surface area contributed by atoms with Crippen LogP contribution in [0.25, 0.3) is 94.3 Å². The molecule has 0 atom stereocenters. The molecule has 0 aliphatic carbocycles. The zero-order valence-corrected chi connectivity index (χ0v) is 31.2. The number of benzene rings is 7. The van der Waals surface area contributed by atoms with Crippen LogP contribution in [-0.4, -0.2) is 19.5 Å². The Morgan fingerprint density at radius 1 is 0.569 bits per heavy atom. The van der Waals surface area contributed by atoms with Gasteiger partial charge in [0.25, 0.3) is 0 Å². The van der Waals surface area contributed by atoms with Crippen LogP contribution in [0.15, 0.2) is 193 Å². The van der Waals surface area contributed by atoms with Gasteiger partial charge in [0, 0.05) is 38.4 Å². The average Bonchev–Trinajstić information content (AvgIpc) is 3.83. The van der Waals surface area contributed by atoms with E-state index in [1.54, 1.807) is 0 Å². The Kier molecular flexibility index (Phi) is 8.59. The minimum atomic E-state index is 0.449. The van der Waals surface area contributed by atoms with Gasteiger partial charge in [-0.25, -0.2) is 19.8 Å². The second kappa shape index (κ2) is 14.5. The van der Waals surface area contributed by atoms with Gasteiger partial charge in [0.05, 0.1) is 23.3 Å². The molecule has 3 heterocycles. The fourth-order valence-corrected chi connectivity index (χ4v) is 7.65. The zero-order valence-electron chi connectivity index (χ0n) is 31.2. The van der Waals surface area contributed by atoms with E-state index in [0.717, 1.165) is 77.3 Å². The number of allylic oxidation sites excluding steroid dienone is 4. The lowest BCUT2D eigenvalue weighted by atomic mass is 9.97. The highest BCUT2D eigenvalue weighted by molar-refractivity contribution is 6.17. The van der Waals surface area contributed by atoms with E-state index in [4.69, 9.17) is 25.9 Å². The third-order valence-corrected chi connectivity index (χ3v) is 10.4. The third kappa shape index (κ3) is 6.23. The molecule has 0 bridgehead atoms. The number of rotatable bonds is 8. The van der Waals surface area contributed by atoms with Crippen molar-refractivity contribution in [2.75, 3.05) is 0 Å². The van der Waals surface area contributed by atoms with E-state index < -0.39 is 0 Å². The van der Waals surface area contributed by atoms with Gasteiger partial charge in [-0.05, 0) is 65.1 Å². The highest BCUT2D eigenvalue weighted by Crippen LogP contribution is 2.40. The van der Waals surface area contributed by atoms with Crippen LogP contribution < -0.4 is 0 Å². The van der Waals surface area contributed by atoms with E-state index in [-0.39, 0.29) is 0 Å². The summed E-state index contributed by atoms with van der Waals surface area (Å²) in [6.45, 7) is 12.4. The zero-order chi connectivity index (χ0) is 39.0. The van der Waals surface area contributed by atoms with Crippen LogP contribution >= 0.6 is 0 Å². The molecule has 0 N–H and O–H groups in total. The molecule has 0 saturated heterocycles. The van der Waals surface area contributed by atoms with E-state index in [0.29, 0.717) is 28.7 Å². The summed E-state index contributed by atoms with van der Waals surface area (Å²) in [4.78, 5) is 18.9. The molecule has 0 unspecified atom stereocenters. The van der Waals surface area contributed by atoms with Gasteiger partial charge in [-0.1, -0.05) is 146 Å². The molecule has 0 aliphatic rings. The van der Waals surface area contributed by atoms with Gasteiger partial charge in [-0.3, -0.25) is 0 Å². The predicted molar refractivity (Wildman–Crippen MR) is 238 cm³/mol. The maximum atomic E-state index is 7.77. The molecule has 0 spiro atoms. The lowest BCUT2D eigenvalue weighted by Gasteiger charge is -2.18. The van der Waals surface area contributed by atoms with Crippen molar-refractivity contribution >= 4 is 72.4 Å². The maximum absolute atomic E-state index is 7.77. The van der Waals surface area contributed by atoms with Crippen LogP contribution in [0.1, 0.15) is 17.0 Å². The Morgan fingerprint density at radius 2 is 1.21 bits per heavy atom. The van der Waals surface area contributed by atoms with Crippen LogP contribution in [0, 0.1) is 6.57 Å². The fraction of sp³-hybridized carbons (Fsp3) is 0. The molecule has 10 aromatic rings. The fourth-order valence-electron chi connectivity index (χ4n) is 7.65. The molecule has 0 aliphatic heterocycles. The first-order valence-electron chi connectivity index (χ1n) is 19.0. The molecule has 272 valence electrons. The number of hydrogen-bond acceptors (Lipinski definition) is 4. The van der Waals surface area contributed by atoms with Crippen molar-refractivity contribution in [1.82, 2.24) is 19.5 Å². The molecule has 0 amide bonds. The summed E-state index contributed by atoms with van der Waals surface area (Å²) < 4.78 is 8.56. The molecule has 7 aromatic carbocycles. The molecule has 3 aromatic heterocycles. The summed E-state index contributed by atoms with van der Waals surface area (Å²) in [5.41, 5.74) is 10.3. The van der Waals surface area contributed by atoms with Crippen molar-refractivity contribution < 1.29 is 4.42 Å². The van der Waals surface area contributed by atoms with E-state index in [1.165, 1.54) is 0 Å². The second-order valence-corrected chi connectivity index (χ2v) is 14.0. The van der Waals surface area contributed by atoms with Gasteiger partial charge >= 0.3 is 0 Å². The van der Waals surface area contributed by atoms with E-state index >= 15 is 0 Å². The van der Waals surface area contributed by atoms with Crippen molar-refractivity contribution in [2.24, 2.45) is 0 Å². The first-order valence-corrected chi connectivity index (χ1v) is 19.0. The predicted octanol–water partition coefficient (Wildman–Crippen LogP) is 13.6. The summed E-state index contributed by atoms with van der Waals surface area (Å²) in [6, 6.07) is 59.0. The smallest absolute Gasteiger partial charge is 0.188 e. The molecule has 0 radical (unpaired) electrons. The summed E-state index contributed by atoms with van der Waals surface area (Å²) >= 11 is 0. The van der Waals surface area contributed by atoms with Crippen LogP contribution in [0.3, 0.4) is 0 Å². The standard InChI is InChI=1S/C52H33N5O/c1-34(50-54-51(37-20-10-5-11-21-37)56-52(55-50)38-26-28-42-41-23-13-15-25-48(41)58-49(42)32-38)30-43(36-18-8-4-9-19-36)47(31-35-16-6-3-7-17-35)57-45-24-14-12-22-40(45)44-33-39(53-2)27-29-46(44)57/h3-33H,1H2/b43-30-,47-31-. The van der Waals surface area contributed by atoms with Gasteiger partial charge in [0.2, 0.25) is 0 Å². The molecule has 0 fully saturated rings. The highest BCUT2D eigenvalue weighted by atomic mass is 16.3. The van der Waals surface area contributed by atoms with Gasteiger partial charge in [0.1, 0.15) is 11.2 Å². The van der Waals surface area contributed by atoms with Crippen molar-refractivity contribution in [3.63, 3.8) is 0 Å². The van der Waals surface area contributed by atoms with Crippen molar-refractivity contribution in [1.29, 1.82) is 0 Å². The lowest BCUT2D eigenvalue weighted by Crippen LogP contribution is -2.04. The van der Waals surface area contributed by atoms with Crippen LogP contribution in [-0.2, 0) is 0 Å². The molecule has 6 heteroatoms. The lowest BCUT2D eigenvalue weighted by molar-refractivity contribution is 0.669. The van der Waals surface area contributed by atoms with E-state index in [9.17, 15) is 0 Å². The molecule has 10 rings (SSSR count). The summed E-state index contributed by atoms with van der Waals surface area (Å²) in [7, 11) is 0. The van der Waals surface area contributed by atoms with E-state index in [2.05, 4.69) is 82.7 Å². The van der Waals surface area contributed by atoms with Crippen LogP contribution in [0.4, 0.5) is 5.69 Å². The van der Waals surface area contributed by atoms with Gasteiger partial charge in [-0.2, -0.15) is 0 Å². The Balaban J connectivity index is 1.20. The minimum Gasteiger partial charge on any atom is -0.456 e. The van der Waals surface area contributed by atoms with Gasteiger partial charge < -0.3 is 8.98 Å². The average molecular weight is 744 g/mol. The monoisotopic (exact) mass is 743 g/mol. The Labute approximate surface area is 334 Å². The Hall–Kier alpha value is -8.14. The second-order valence-electron chi connectivity index (χ2n) is 14.0. The number of nitrogens with zero attached hydrogens (tertiary/aromatic N) is 5. The number of fused-ring (bicyclic) bond motifs is 6. The number of furan rings is 1.